The van der Waals surface area contributed by atoms with Gasteiger partial charge in [-0.15, -0.1) is 0 Å². The fraction of sp³-hybridized carbons (Fsp3) is 0.375. The van der Waals surface area contributed by atoms with Crippen molar-refractivity contribution in [3.63, 3.8) is 0 Å². The van der Waals surface area contributed by atoms with Gasteiger partial charge in [-0.3, -0.25) is 9.78 Å². The van der Waals surface area contributed by atoms with Gasteiger partial charge in [0.05, 0.1) is 5.52 Å². The fourth-order valence-electron chi connectivity index (χ4n) is 2.59. The average molecular weight is 302 g/mol. The Morgan fingerprint density at radius 2 is 2.05 bits per heavy atom. The van der Waals surface area contributed by atoms with E-state index in [4.69, 9.17) is 0 Å². The first-order valence-corrected chi connectivity index (χ1v) is 8.26. The van der Waals surface area contributed by atoms with Gasteiger partial charge in [0, 0.05) is 18.1 Å². The van der Waals surface area contributed by atoms with E-state index in [9.17, 15) is 9.90 Å². The predicted octanol–water partition coefficient (Wildman–Crippen LogP) is 2.11. The molecular formula is C16H18N2O2S. The number of carbonyl (C=O) groups excluding carboxylic acids is 1. The van der Waals surface area contributed by atoms with E-state index in [0.717, 1.165) is 28.0 Å². The number of carbonyl (C=O) groups is 1. The first kappa shape index (κ1) is 14.4. The van der Waals surface area contributed by atoms with Crippen LogP contribution in [-0.2, 0) is 11.3 Å². The lowest BCUT2D eigenvalue weighted by Crippen LogP contribution is -2.48. The summed E-state index contributed by atoms with van der Waals surface area (Å²) in [6, 6.07) is 9.81. The van der Waals surface area contributed by atoms with Crippen LogP contribution in [0.25, 0.3) is 10.9 Å². The normalized spacial score (nSPS) is 17.6. The maximum absolute atomic E-state index is 12.2. The average Bonchev–Trinajstić information content (AvgIpc) is 2.53. The van der Waals surface area contributed by atoms with Crippen LogP contribution in [0.3, 0.4) is 0 Å². The lowest BCUT2D eigenvalue weighted by Gasteiger charge is -2.30. The molecule has 4 nitrogen and oxygen atoms in total. The summed E-state index contributed by atoms with van der Waals surface area (Å²) >= 11 is 1.78. The van der Waals surface area contributed by atoms with Crippen molar-refractivity contribution >= 4 is 28.6 Å². The number of fused-ring (bicyclic) bond motifs is 1. The molecule has 1 aliphatic rings. The van der Waals surface area contributed by atoms with Crippen LogP contribution in [-0.4, -0.2) is 33.1 Å². The minimum Gasteiger partial charge on any atom is -0.380 e. The number of amides is 1. The van der Waals surface area contributed by atoms with Crippen molar-refractivity contribution in [1.29, 1.82) is 0 Å². The van der Waals surface area contributed by atoms with E-state index in [1.165, 1.54) is 0 Å². The van der Waals surface area contributed by atoms with Crippen molar-refractivity contribution < 1.29 is 9.90 Å². The van der Waals surface area contributed by atoms with Gasteiger partial charge in [0.25, 0.3) is 5.91 Å². The highest BCUT2D eigenvalue weighted by atomic mass is 32.2. The quantitative estimate of drug-likeness (QED) is 0.911. The van der Waals surface area contributed by atoms with E-state index in [1.807, 2.05) is 30.3 Å². The number of nitrogens with one attached hydrogen (secondary N) is 1. The number of aromatic nitrogens is 1. The number of hydrogen-bond donors (Lipinski definition) is 2. The first-order valence-electron chi connectivity index (χ1n) is 7.10. The van der Waals surface area contributed by atoms with E-state index in [0.29, 0.717) is 19.4 Å². The van der Waals surface area contributed by atoms with E-state index >= 15 is 0 Å². The maximum Gasteiger partial charge on any atom is 0.252 e. The van der Waals surface area contributed by atoms with E-state index in [2.05, 4.69) is 10.3 Å². The molecule has 1 amide bonds. The molecule has 0 radical (unpaired) electrons. The van der Waals surface area contributed by atoms with Gasteiger partial charge in [0.15, 0.2) is 0 Å². The maximum atomic E-state index is 12.2. The van der Waals surface area contributed by atoms with Gasteiger partial charge in [-0.2, -0.15) is 11.8 Å². The van der Waals surface area contributed by atoms with Gasteiger partial charge >= 0.3 is 0 Å². The minimum atomic E-state index is -1.21. The Balaban J connectivity index is 1.73. The Morgan fingerprint density at radius 1 is 1.29 bits per heavy atom. The molecule has 0 bridgehead atoms. The molecule has 1 saturated heterocycles. The number of aliphatic hydroxyl groups is 1. The molecule has 2 aromatic rings. The van der Waals surface area contributed by atoms with Crippen LogP contribution in [0.2, 0.25) is 0 Å². The second-order valence-electron chi connectivity index (χ2n) is 5.32. The van der Waals surface area contributed by atoms with Crippen LogP contribution in [0.15, 0.2) is 36.5 Å². The highest BCUT2D eigenvalue weighted by Crippen LogP contribution is 2.27. The molecule has 1 aromatic carbocycles. The summed E-state index contributed by atoms with van der Waals surface area (Å²) in [4.78, 5) is 16.6. The molecule has 2 N–H and O–H groups in total. The molecule has 21 heavy (non-hydrogen) atoms. The zero-order chi connectivity index (χ0) is 14.7. The Kier molecular flexibility index (Phi) is 4.12. The van der Waals surface area contributed by atoms with Crippen molar-refractivity contribution in [3.05, 3.63) is 42.1 Å². The van der Waals surface area contributed by atoms with Crippen molar-refractivity contribution in [2.45, 2.75) is 25.0 Å². The molecule has 5 heteroatoms. The SMILES string of the molecule is O=C(NCc1cccc2cccnc12)C1(O)CCSCC1. The molecule has 0 atom stereocenters. The number of thioether (sulfide) groups is 1. The third kappa shape index (κ3) is 3.04. The van der Waals surface area contributed by atoms with Crippen molar-refractivity contribution in [1.82, 2.24) is 10.3 Å². The molecule has 1 fully saturated rings. The Labute approximate surface area is 128 Å². The molecule has 110 valence electrons. The Bertz CT molecular complexity index is 648. The smallest absolute Gasteiger partial charge is 0.252 e. The molecule has 3 rings (SSSR count). The summed E-state index contributed by atoms with van der Waals surface area (Å²) in [5, 5.41) is 14.3. The van der Waals surface area contributed by atoms with Crippen LogP contribution in [0.5, 0.6) is 0 Å². The molecule has 0 spiro atoms. The number of benzene rings is 1. The van der Waals surface area contributed by atoms with Gasteiger partial charge < -0.3 is 10.4 Å². The number of pyridine rings is 1. The van der Waals surface area contributed by atoms with Crippen LogP contribution in [0.1, 0.15) is 18.4 Å². The summed E-state index contributed by atoms with van der Waals surface area (Å²) in [7, 11) is 0. The highest BCUT2D eigenvalue weighted by Gasteiger charge is 2.37. The summed E-state index contributed by atoms with van der Waals surface area (Å²) < 4.78 is 0. The molecule has 0 saturated carbocycles. The molecule has 0 unspecified atom stereocenters. The summed E-state index contributed by atoms with van der Waals surface area (Å²) in [5.41, 5.74) is 0.658. The van der Waals surface area contributed by atoms with Crippen LogP contribution in [0.4, 0.5) is 0 Å². The number of nitrogens with zero attached hydrogens (tertiary/aromatic N) is 1. The lowest BCUT2D eigenvalue weighted by atomic mass is 9.95. The number of rotatable bonds is 3. The van der Waals surface area contributed by atoms with Gasteiger partial charge in [0.2, 0.25) is 0 Å². The number of para-hydroxylation sites is 1. The van der Waals surface area contributed by atoms with Gasteiger partial charge in [-0.1, -0.05) is 24.3 Å². The Morgan fingerprint density at radius 3 is 2.86 bits per heavy atom. The minimum absolute atomic E-state index is 0.268. The standard InChI is InChI=1S/C16H18N2O2S/c19-15(16(20)6-9-21-10-7-16)18-11-13-4-1-3-12-5-2-8-17-14(12)13/h1-5,8,20H,6-7,9-11H2,(H,18,19). The summed E-state index contributed by atoms with van der Waals surface area (Å²) in [6.07, 6.45) is 2.80. The van der Waals surface area contributed by atoms with Gasteiger partial charge in [-0.25, -0.2) is 0 Å². The lowest BCUT2D eigenvalue weighted by molar-refractivity contribution is -0.140. The van der Waals surface area contributed by atoms with E-state index < -0.39 is 5.60 Å². The number of hydrogen-bond acceptors (Lipinski definition) is 4. The summed E-state index contributed by atoms with van der Waals surface area (Å²) in [5.74, 6) is 1.40. The van der Waals surface area contributed by atoms with Gasteiger partial charge in [0.1, 0.15) is 5.60 Å². The Hall–Kier alpha value is -1.59. The van der Waals surface area contributed by atoms with E-state index in [1.54, 1.807) is 18.0 Å². The van der Waals surface area contributed by atoms with Crippen LogP contribution >= 0.6 is 11.8 Å². The monoisotopic (exact) mass is 302 g/mol. The summed E-state index contributed by atoms with van der Waals surface area (Å²) in [6.45, 7) is 0.392. The van der Waals surface area contributed by atoms with Crippen molar-refractivity contribution in [3.8, 4) is 0 Å². The highest BCUT2D eigenvalue weighted by molar-refractivity contribution is 7.99. The topological polar surface area (TPSA) is 62.2 Å². The zero-order valence-electron chi connectivity index (χ0n) is 11.7. The second kappa shape index (κ2) is 6.03. The van der Waals surface area contributed by atoms with E-state index in [-0.39, 0.29) is 5.91 Å². The fourth-order valence-corrected chi connectivity index (χ4v) is 3.75. The third-order valence-corrected chi connectivity index (χ3v) is 4.88. The molecule has 2 heterocycles. The third-order valence-electron chi connectivity index (χ3n) is 3.90. The molecular weight excluding hydrogens is 284 g/mol. The molecule has 1 aliphatic heterocycles. The largest absolute Gasteiger partial charge is 0.380 e. The van der Waals surface area contributed by atoms with Crippen molar-refractivity contribution in [2.24, 2.45) is 0 Å². The predicted molar refractivity (Wildman–Crippen MR) is 85.1 cm³/mol. The van der Waals surface area contributed by atoms with Crippen LogP contribution < -0.4 is 5.32 Å². The first-order chi connectivity index (χ1) is 10.2. The van der Waals surface area contributed by atoms with Crippen LogP contribution in [0, 0.1) is 0 Å². The zero-order valence-corrected chi connectivity index (χ0v) is 12.5. The second-order valence-corrected chi connectivity index (χ2v) is 6.54. The molecule has 1 aromatic heterocycles. The molecule has 0 aliphatic carbocycles. The van der Waals surface area contributed by atoms with Crippen molar-refractivity contribution in [2.75, 3.05) is 11.5 Å². The van der Waals surface area contributed by atoms with Gasteiger partial charge in [-0.05, 0) is 36.0 Å².